The molecule has 0 radical (unpaired) electrons. The van der Waals surface area contributed by atoms with E-state index >= 15 is 0 Å². The number of nitrogens with one attached hydrogen (secondary N) is 1. The first-order valence-electron chi connectivity index (χ1n) is 6.43. The number of hydrogen-bond donors (Lipinski definition) is 2. The van der Waals surface area contributed by atoms with Crippen molar-refractivity contribution in [3.05, 3.63) is 17.7 Å². The van der Waals surface area contributed by atoms with Crippen LogP contribution in [0.5, 0.6) is 11.5 Å². The number of methoxy groups -OCH3 is 2. The average Bonchev–Trinajstić information content (AvgIpc) is 3.16. The van der Waals surface area contributed by atoms with Crippen molar-refractivity contribution < 1.29 is 14.3 Å². The molecule has 2 atom stereocenters. The fourth-order valence-electron chi connectivity index (χ4n) is 2.21. The zero-order valence-corrected chi connectivity index (χ0v) is 11.5. The Labute approximate surface area is 113 Å². The van der Waals surface area contributed by atoms with Crippen LogP contribution in [0.25, 0.3) is 0 Å². The zero-order valence-electron chi connectivity index (χ0n) is 11.5. The molecule has 1 aliphatic carbocycles. The Morgan fingerprint density at radius 2 is 2.00 bits per heavy atom. The van der Waals surface area contributed by atoms with Crippen LogP contribution in [0.15, 0.2) is 12.1 Å². The fraction of sp³-hybridized carbons (Fsp3) is 0.500. The molecular weight excluding hydrogens is 244 g/mol. The summed E-state index contributed by atoms with van der Waals surface area (Å²) in [7, 11) is 3.07. The SMILES string of the molecule is CCC1CC1NC(=O)c1cc(OC)c(OC)cc1N. The fourth-order valence-corrected chi connectivity index (χ4v) is 2.21. The van der Waals surface area contributed by atoms with Gasteiger partial charge in [0.15, 0.2) is 11.5 Å². The summed E-state index contributed by atoms with van der Waals surface area (Å²) in [5.41, 5.74) is 6.71. The van der Waals surface area contributed by atoms with Crippen molar-refractivity contribution in [2.75, 3.05) is 20.0 Å². The smallest absolute Gasteiger partial charge is 0.253 e. The van der Waals surface area contributed by atoms with E-state index in [0.717, 1.165) is 12.8 Å². The van der Waals surface area contributed by atoms with Crippen LogP contribution in [-0.2, 0) is 0 Å². The van der Waals surface area contributed by atoms with Gasteiger partial charge < -0.3 is 20.5 Å². The Morgan fingerprint density at radius 1 is 1.37 bits per heavy atom. The minimum atomic E-state index is -0.153. The molecule has 0 bridgehead atoms. The van der Waals surface area contributed by atoms with Crippen LogP contribution in [-0.4, -0.2) is 26.2 Å². The van der Waals surface area contributed by atoms with E-state index < -0.39 is 0 Å². The predicted molar refractivity (Wildman–Crippen MR) is 73.6 cm³/mol. The van der Waals surface area contributed by atoms with Gasteiger partial charge in [-0.2, -0.15) is 0 Å². The average molecular weight is 264 g/mol. The summed E-state index contributed by atoms with van der Waals surface area (Å²) in [6.45, 7) is 2.13. The number of amides is 1. The van der Waals surface area contributed by atoms with Gasteiger partial charge >= 0.3 is 0 Å². The molecule has 19 heavy (non-hydrogen) atoms. The number of carbonyl (C=O) groups excluding carboxylic acids is 1. The number of nitrogen functional groups attached to an aromatic ring is 1. The molecule has 1 fully saturated rings. The molecule has 1 aliphatic rings. The van der Waals surface area contributed by atoms with Gasteiger partial charge in [0.1, 0.15) is 0 Å². The second kappa shape index (κ2) is 5.38. The van der Waals surface area contributed by atoms with E-state index in [2.05, 4.69) is 12.2 Å². The van der Waals surface area contributed by atoms with Gasteiger partial charge in [0.25, 0.3) is 5.91 Å². The van der Waals surface area contributed by atoms with Gasteiger partial charge in [0, 0.05) is 17.8 Å². The Hall–Kier alpha value is -1.91. The van der Waals surface area contributed by atoms with Gasteiger partial charge in [0.05, 0.1) is 19.8 Å². The summed E-state index contributed by atoms with van der Waals surface area (Å²) < 4.78 is 10.3. The number of rotatable bonds is 5. The number of benzene rings is 1. The van der Waals surface area contributed by atoms with Crippen LogP contribution >= 0.6 is 0 Å². The van der Waals surface area contributed by atoms with Crippen LogP contribution in [0.2, 0.25) is 0 Å². The van der Waals surface area contributed by atoms with E-state index in [-0.39, 0.29) is 11.9 Å². The molecule has 0 aromatic heterocycles. The molecule has 2 rings (SSSR count). The van der Waals surface area contributed by atoms with Gasteiger partial charge in [-0.1, -0.05) is 13.3 Å². The quantitative estimate of drug-likeness (QED) is 0.795. The van der Waals surface area contributed by atoms with Crippen molar-refractivity contribution in [2.45, 2.75) is 25.8 Å². The van der Waals surface area contributed by atoms with E-state index in [0.29, 0.717) is 28.7 Å². The Bertz CT molecular complexity index is 488. The van der Waals surface area contributed by atoms with E-state index in [1.54, 1.807) is 12.1 Å². The molecule has 5 heteroatoms. The van der Waals surface area contributed by atoms with Crippen LogP contribution in [0.3, 0.4) is 0 Å². The lowest BCUT2D eigenvalue weighted by Gasteiger charge is -2.12. The lowest BCUT2D eigenvalue weighted by Crippen LogP contribution is -2.27. The highest BCUT2D eigenvalue weighted by Gasteiger charge is 2.36. The zero-order chi connectivity index (χ0) is 14.0. The molecule has 0 saturated heterocycles. The van der Waals surface area contributed by atoms with Crippen LogP contribution in [0, 0.1) is 5.92 Å². The molecule has 104 valence electrons. The summed E-state index contributed by atoms with van der Waals surface area (Å²) in [6.07, 6.45) is 2.14. The van der Waals surface area contributed by atoms with Crippen molar-refractivity contribution in [2.24, 2.45) is 5.92 Å². The third-order valence-corrected chi connectivity index (χ3v) is 3.56. The number of hydrogen-bond acceptors (Lipinski definition) is 4. The maximum Gasteiger partial charge on any atom is 0.253 e. The van der Waals surface area contributed by atoms with Crippen LogP contribution in [0.4, 0.5) is 5.69 Å². The summed E-state index contributed by atoms with van der Waals surface area (Å²) in [5, 5.41) is 2.99. The number of anilines is 1. The van der Waals surface area contributed by atoms with Crippen LogP contribution < -0.4 is 20.5 Å². The molecule has 3 N–H and O–H groups in total. The summed E-state index contributed by atoms with van der Waals surface area (Å²) in [5.74, 6) is 1.48. The summed E-state index contributed by atoms with van der Waals surface area (Å²) in [4.78, 5) is 12.2. The summed E-state index contributed by atoms with van der Waals surface area (Å²) >= 11 is 0. The first-order chi connectivity index (χ1) is 9.10. The van der Waals surface area contributed by atoms with Crippen molar-refractivity contribution in [3.8, 4) is 11.5 Å². The molecule has 1 amide bonds. The van der Waals surface area contributed by atoms with Gasteiger partial charge in [-0.15, -0.1) is 0 Å². The monoisotopic (exact) mass is 264 g/mol. The van der Waals surface area contributed by atoms with Gasteiger partial charge in [-0.25, -0.2) is 0 Å². The standard InChI is InChI=1S/C14H20N2O3/c1-4-8-5-11(8)16-14(17)9-6-12(18-2)13(19-3)7-10(9)15/h6-8,11H,4-5,15H2,1-3H3,(H,16,17). The largest absolute Gasteiger partial charge is 0.493 e. The highest BCUT2D eigenvalue weighted by molar-refractivity contribution is 6.00. The first kappa shape index (κ1) is 13.5. The first-order valence-corrected chi connectivity index (χ1v) is 6.43. The van der Waals surface area contributed by atoms with Gasteiger partial charge in [-0.3, -0.25) is 4.79 Å². The maximum atomic E-state index is 12.2. The maximum absolute atomic E-state index is 12.2. The predicted octanol–water partition coefficient (Wildman–Crippen LogP) is 1.81. The molecule has 1 aromatic carbocycles. The van der Waals surface area contributed by atoms with E-state index in [4.69, 9.17) is 15.2 Å². The molecule has 0 aliphatic heterocycles. The minimum absolute atomic E-state index is 0.153. The number of nitrogens with two attached hydrogens (primary N) is 1. The summed E-state index contributed by atoms with van der Waals surface area (Å²) in [6, 6.07) is 3.51. The van der Waals surface area contributed by atoms with Crippen molar-refractivity contribution in [1.29, 1.82) is 0 Å². The molecule has 0 spiro atoms. The molecule has 1 aromatic rings. The molecular formula is C14H20N2O3. The van der Waals surface area contributed by atoms with Crippen molar-refractivity contribution in [3.63, 3.8) is 0 Å². The Morgan fingerprint density at radius 3 is 2.53 bits per heavy atom. The Kier molecular flexibility index (Phi) is 3.83. The van der Waals surface area contributed by atoms with E-state index in [9.17, 15) is 4.79 Å². The lowest BCUT2D eigenvalue weighted by molar-refractivity contribution is 0.0949. The van der Waals surface area contributed by atoms with Gasteiger partial charge in [0.2, 0.25) is 0 Å². The lowest BCUT2D eigenvalue weighted by atomic mass is 10.1. The normalized spacial score (nSPS) is 20.8. The second-order valence-electron chi connectivity index (χ2n) is 4.78. The van der Waals surface area contributed by atoms with Crippen LogP contribution in [0.1, 0.15) is 30.1 Å². The third-order valence-electron chi connectivity index (χ3n) is 3.56. The molecule has 2 unspecified atom stereocenters. The molecule has 1 saturated carbocycles. The molecule has 5 nitrogen and oxygen atoms in total. The van der Waals surface area contributed by atoms with E-state index in [1.807, 2.05) is 0 Å². The van der Waals surface area contributed by atoms with Crippen molar-refractivity contribution in [1.82, 2.24) is 5.32 Å². The second-order valence-corrected chi connectivity index (χ2v) is 4.78. The topological polar surface area (TPSA) is 73.6 Å². The minimum Gasteiger partial charge on any atom is -0.493 e. The molecule has 0 heterocycles. The highest BCUT2D eigenvalue weighted by atomic mass is 16.5. The van der Waals surface area contributed by atoms with E-state index in [1.165, 1.54) is 14.2 Å². The van der Waals surface area contributed by atoms with Gasteiger partial charge in [-0.05, 0) is 18.4 Å². The number of carbonyl (C=O) groups is 1. The third kappa shape index (κ3) is 2.75. The number of ether oxygens (including phenoxy) is 2. The highest BCUT2D eigenvalue weighted by Crippen LogP contribution is 2.35. The van der Waals surface area contributed by atoms with Crippen molar-refractivity contribution >= 4 is 11.6 Å². The Balaban J connectivity index is 2.17.